The van der Waals surface area contributed by atoms with Crippen molar-refractivity contribution in [3.63, 3.8) is 0 Å². The van der Waals surface area contributed by atoms with Crippen molar-refractivity contribution < 1.29 is 9.53 Å². The first-order chi connectivity index (χ1) is 8.21. The summed E-state index contributed by atoms with van der Waals surface area (Å²) in [7, 11) is 1.38. The zero-order valence-electron chi connectivity index (χ0n) is 9.91. The Bertz CT molecular complexity index is 584. The largest absolute Gasteiger partial charge is 0.465 e. The Hall–Kier alpha value is -2.10. The number of esters is 1. The number of nitrogens with one attached hydrogen (secondary N) is 1. The second-order valence-electron chi connectivity index (χ2n) is 3.69. The first kappa shape index (κ1) is 11.4. The van der Waals surface area contributed by atoms with E-state index in [-0.39, 0.29) is 5.97 Å². The molecule has 0 amide bonds. The molecule has 2 aromatic heterocycles. The molecule has 0 aliphatic heterocycles. The summed E-state index contributed by atoms with van der Waals surface area (Å²) in [5.41, 5.74) is 3.00. The smallest absolute Gasteiger partial charge is 0.340 e. The fraction of sp³-hybridized carbons (Fsp3) is 0.231. The Morgan fingerprint density at radius 2 is 2.41 bits per heavy atom. The van der Waals surface area contributed by atoms with Crippen LogP contribution in [0.25, 0.3) is 17.1 Å². The first-order valence-corrected chi connectivity index (χ1v) is 5.42. The van der Waals surface area contributed by atoms with E-state index in [1.54, 1.807) is 12.3 Å². The Morgan fingerprint density at radius 3 is 3.00 bits per heavy atom. The number of aryl methyl sites for hydroxylation is 1. The fourth-order valence-corrected chi connectivity index (χ4v) is 1.85. The molecule has 0 aromatic carbocycles. The van der Waals surface area contributed by atoms with Gasteiger partial charge in [-0.3, -0.25) is 0 Å². The van der Waals surface area contributed by atoms with Gasteiger partial charge in [0.05, 0.1) is 12.7 Å². The van der Waals surface area contributed by atoms with E-state index in [1.807, 2.05) is 13.0 Å². The lowest BCUT2D eigenvalue weighted by atomic mass is 10.1. The van der Waals surface area contributed by atoms with Crippen LogP contribution in [0.15, 0.2) is 18.8 Å². The summed E-state index contributed by atoms with van der Waals surface area (Å²) >= 11 is 0. The molecule has 4 heteroatoms. The topological polar surface area (TPSA) is 55.0 Å². The first-order valence-electron chi connectivity index (χ1n) is 5.42. The van der Waals surface area contributed by atoms with Gasteiger partial charge < -0.3 is 9.72 Å². The van der Waals surface area contributed by atoms with Crippen LogP contribution in [-0.4, -0.2) is 23.0 Å². The average molecular weight is 230 g/mol. The van der Waals surface area contributed by atoms with E-state index in [4.69, 9.17) is 4.74 Å². The summed E-state index contributed by atoms with van der Waals surface area (Å²) in [6.07, 6.45) is 4.14. The zero-order chi connectivity index (χ0) is 12.4. The number of hydrogen-bond donors (Lipinski definition) is 1. The molecule has 0 atom stereocenters. The van der Waals surface area contributed by atoms with Gasteiger partial charge in [-0.05, 0) is 18.1 Å². The second kappa shape index (κ2) is 4.41. The highest BCUT2D eigenvalue weighted by molar-refractivity contribution is 6.05. The van der Waals surface area contributed by atoms with Crippen molar-refractivity contribution in [2.75, 3.05) is 7.11 Å². The van der Waals surface area contributed by atoms with E-state index in [0.29, 0.717) is 11.2 Å². The number of carbonyl (C=O) groups is 1. The van der Waals surface area contributed by atoms with E-state index in [0.717, 1.165) is 23.1 Å². The van der Waals surface area contributed by atoms with E-state index < -0.39 is 0 Å². The Morgan fingerprint density at radius 1 is 1.65 bits per heavy atom. The van der Waals surface area contributed by atoms with Gasteiger partial charge in [0.2, 0.25) is 0 Å². The number of H-pyrrole nitrogens is 1. The van der Waals surface area contributed by atoms with Gasteiger partial charge in [0.15, 0.2) is 0 Å². The molecular weight excluding hydrogens is 216 g/mol. The summed E-state index contributed by atoms with van der Waals surface area (Å²) < 4.78 is 4.81. The Kier molecular flexibility index (Phi) is 2.95. The van der Waals surface area contributed by atoms with Crippen LogP contribution in [0.3, 0.4) is 0 Å². The number of ether oxygens (including phenoxy) is 1. The Labute approximate surface area is 99.3 Å². The van der Waals surface area contributed by atoms with E-state index in [1.165, 1.54) is 7.11 Å². The molecule has 0 unspecified atom stereocenters. The SMILES string of the molecule is C=Cc1cnc2[nH]c(CC)c(C(=O)OC)c2c1. The predicted octanol–water partition coefficient (Wildman–Crippen LogP) is 2.55. The maximum atomic E-state index is 11.8. The van der Waals surface area contributed by atoms with E-state index >= 15 is 0 Å². The van der Waals surface area contributed by atoms with Crippen molar-refractivity contribution in [1.29, 1.82) is 0 Å². The van der Waals surface area contributed by atoms with Crippen LogP contribution in [0.1, 0.15) is 28.5 Å². The maximum Gasteiger partial charge on any atom is 0.340 e. The fourth-order valence-electron chi connectivity index (χ4n) is 1.85. The minimum Gasteiger partial charge on any atom is -0.465 e. The molecule has 17 heavy (non-hydrogen) atoms. The summed E-state index contributed by atoms with van der Waals surface area (Å²) in [4.78, 5) is 19.2. The summed E-state index contributed by atoms with van der Waals surface area (Å²) in [6.45, 7) is 5.67. The summed E-state index contributed by atoms with van der Waals surface area (Å²) in [5, 5.41) is 0.783. The van der Waals surface area contributed by atoms with E-state index in [2.05, 4.69) is 16.5 Å². The van der Waals surface area contributed by atoms with E-state index in [9.17, 15) is 4.79 Å². The van der Waals surface area contributed by atoms with Crippen LogP contribution in [-0.2, 0) is 11.2 Å². The molecule has 0 spiro atoms. The third kappa shape index (κ3) is 1.82. The van der Waals surface area contributed by atoms with Gasteiger partial charge in [-0.1, -0.05) is 19.6 Å². The van der Waals surface area contributed by atoms with Crippen LogP contribution in [0.2, 0.25) is 0 Å². The van der Waals surface area contributed by atoms with Crippen LogP contribution < -0.4 is 0 Å². The molecule has 2 aromatic rings. The number of nitrogens with zero attached hydrogens (tertiary/aromatic N) is 1. The van der Waals surface area contributed by atoms with Crippen molar-refractivity contribution >= 4 is 23.1 Å². The Balaban J connectivity index is 2.75. The average Bonchev–Trinajstić information content (AvgIpc) is 2.74. The molecule has 0 saturated carbocycles. The minimum atomic E-state index is -0.337. The van der Waals surface area contributed by atoms with Crippen molar-refractivity contribution in [2.24, 2.45) is 0 Å². The second-order valence-corrected chi connectivity index (χ2v) is 3.69. The molecule has 88 valence electrons. The molecule has 0 radical (unpaired) electrons. The van der Waals surface area contributed by atoms with Crippen LogP contribution in [0.4, 0.5) is 0 Å². The number of fused-ring (bicyclic) bond motifs is 1. The van der Waals surface area contributed by atoms with Gasteiger partial charge >= 0.3 is 5.97 Å². The predicted molar refractivity (Wildman–Crippen MR) is 66.9 cm³/mol. The highest BCUT2D eigenvalue weighted by atomic mass is 16.5. The molecule has 2 rings (SSSR count). The van der Waals surface area contributed by atoms with Crippen LogP contribution in [0, 0.1) is 0 Å². The summed E-state index contributed by atoms with van der Waals surface area (Å²) in [6, 6.07) is 1.89. The quantitative estimate of drug-likeness (QED) is 0.824. The summed E-state index contributed by atoms with van der Waals surface area (Å²) in [5.74, 6) is -0.337. The third-order valence-corrected chi connectivity index (χ3v) is 2.73. The van der Waals surface area contributed by atoms with Crippen LogP contribution >= 0.6 is 0 Å². The number of carbonyl (C=O) groups excluding carboxylic acids is 1. The third-order valence-electron chi connectivity index (χ3n) is 2.73. The molecule has 0 aliphatic carbocycles. The molecule has 2 heterocycles. The highest BCUT2D eigenvalue weighted by Gasteiger charge is 2.18. The monoisotopic (exact) mass is 230 g/mol. The van der Waals surface area contributed by atoms with Crippen molar-refractivity contribution in [1.82, 2.24) is 9.97 Å². The lowest BCUT2D eigenvalue weighted by Gasteiger charge is -2.00. The van der Waals surface area contributed by atoms with Gasteiger partial charge in [-0.15, -0.1) is 0 Å². The van der Waals surface area contributed by atoms with Gasteiger partial charge in [-0.25, -0.2) is 9.78 Å². The van der Waals surface area contributed by atoms with Crippen molar-refractivity contribution in [2.45, 2.75) is 13.3 Å². The molecule has 0 fully saturated rings. The van der Waals surface area contributed by atoms with Crippen molar-refractivity contribution in [3.05, 3.63) is 35.7 Å². The number of aromatic amines is 1. The standard InChI is InChI=1S/C13H14N2O2/c1-4-8-6-9-11(13(16)17-3)10(5-2)15-12(9)14-7-8/h4,6-7H,1,5H2,2-3H3,(H,14,15). The zero-order valence-corrected chi connectivity index (χ0v) is 9.91. The molecule has 4 nitrogen and oxygen atoms in total. The van der Waals surface area contributed by atoms with Gasteiger partial charge in [0.25, 0.3) is 0 Å². The van der Waals surface area contributed by atoms with Crippen molar-refractivity contribution in [3.8, 4) is 0 Å². The molecule has 0 aliphatic rings. The normalized spacial score (nSPS) is 10.5. The molecule has 0 bridgehead atoms. The molecule has 0 saturated heterocycles. The minimum absolute atomic E-state index is 0.337. The lowest BCUT2D eigenvalue weighted by Crippen LogP contribution is -2.03. The molecular formula is C13H14N2O2. The number of pyridine rings is 1. The number of rotatable bonds is 3. The van der Waals surface area contributed by atoms with Gasteiger partial charge in [0.1, 0.15) is 5.65 Å². The maximum absolute atomic E-state index is 11.8. The van der Waals surface area contributed by atoms with Crippen LogP contribution in [0.5, 0.6) is 0 Å². The number of hydrogen-bond acceptors (Lipinski definition) is 3. The number of aromatic nitrogens is 2. The molecule has 1 N–H and O–H groups in total. The number of methoxy groups -OCH3 is 1. The van der Waals surface area contributed by atoms with Gasteiger partial charge in [-0.2, -0.15) is 0 Å². The highest BCUT2D eigenvalue weighted by Crippen LogP contribution is 2.23. The lowest BCUT2D eigenvalue weighted by molar-refractivity contribution is 0.0602. The van der Waals surface area contributed by atoms with Gasteiger partial charge in [0, 0.05) is 17.3 Å².